The lowest BCUT2D eigenvalue weighted by Gasteiger charge is -2.32. The van der Waals surface area contributed by atoms with Crippen LogP contribution < -0.4 is 25.6 Å². The molecule has 2 aromatic carbocycles. The van der Waals surface area contributed by atoms with Crippen molar-refractivity contribution in [3.05, 3.63) is 55.1 Å². The molecule has 1 aliphatic heterocycles. The minimum atomic E-state index is -1.33. The number of nitrogens with one attached hydrogen (secondary N) is 2. The molecular weight excluding hydrogens is 806 g/mol. The number of hydrogen-bond donors (Lipinski definition) is 2. The van der Waals surface area contributed by atoms with Gasteiger partial charge in [-0.05, 0) is 101 Å². The molecule has 1 saturated heterocycles. The number of nitro benzene ring substituents is 1. The number of rotatable bonds is 13. The fraction of sp³-hybridized carbons (Fsp3) is 0.543. The Morgan fingerprint density at radius 2 is 1.58 bits per heavy atom. The van der Waals surface area contributed by atoms with Crippen molar-refractivity contribution >= 4 is 64.7 Å². The molecule has 16 nitrogen and oxygen atoms in total. The number of carbonyl (C=O) groups excluding carboxylic acids is 4. The lowest BCUT2D eigenvalue weighted by atomic mass is 9.77. The van der Waals surface area contributed by atoms with Gasteiger partial charge < -0.3 is 38.9 Å². The second-order valence-corrected chi connectivity index (χ2v) is 15.7. The van der Waals surface area contributed by atoms with Crippen LogP contribution in [0.5, 0.6) is 11.5 Å². The maximum Gasteiger partial charge on any atom is 0.498 e. The summed E-state index contributed by atoms with van der Waals surface area (Å²) < 4.78 is 34.2. The maximum absolute atomic E-state index is 14.1. The van der Waals surface area contributed by atoms with E-state index in [1.165, 1.54) is 34.3 Å². The van der Waals surface area contributed by atoms with Crippen molar-refractivity contribution in [1.82, 2.24) is 15.5 Å². The summed E-state index contributed by atoms with van der Waals surface area (Å²) in [7, 11) is 4.45. The molecule has 3 rings (SSSR count). The van der Waals surface area contributed by atoms with E-state index in [9.17, 15) is 29.3 Å². The zero-order chi connectivity index (χ0) is 40.2. The van der Waals surface area contributed by atoms with Crippen LogP contribution in [0.4, 0.5) is 10.5 Å². The molecule has 0 unspecified atom stereocenters. The first kappa shape index (κ1) is 43.2. The smallest absolute Gasteiger partial charge is 0.497 e. The molecule has 0 aromatic heterocycles. The van der Waals surface area contributed by atoms with E-state index in [0.717, 1.165) is 12.0 Å². The van der Waals surface area contributed by atoms with Gasteiger partial charge in [0.15, 0.2) is 0 Å². The highest BCUT2D eigenvalue weighted by atomic mass is 127. The molecule has 1 fully saturated rings. The fourth-order valence-electron chi connectivity index (χ4n) is 5.38. The van der Waals surface area contributed by atoms with Crippen molar-refractivity contribution in [2.75, 3.05) is 28.4 Å². The number of methoxy groups -OCH3 is 3. The van der Waals surface area contributed by atoms with Crippen LogP contribution in [0, 0.1) is 13.7 Å². The van der Waals surface area contributed by atoms with E-state index in [0.29, 0.717) is 25.9 Å². The van der Waals surface area contributed by atoms with Crippen LogP contribution in [0.15, 0.2) is 30.3 Å². The summed E-state index contributed by atoms with van der Waals surface area (Å²) in [6, 6.07) is 3.86. The molecule has 0 aliphatic carbocycles. The third-order valence-electron chi connectivity index (χ3n) is 8.87. The summed E-state index contributed by atoms with van der Waals surface area (Å²) in [6.45, 7) is 14.1. The number of nitrogens with zero attached hydrogens (tertiary/aromatic N) is 2. The van der Waals surface area contributed by atoms with Crippen LogP contribution in [-0.4, -0.2) is 98.1 Å². The van der Waals surface area contributed by atoms with Gasteiger partial charge in [-0.1, -0.05) is 12.1 Å². The van der Waals surface area contributed by atoms with Crippen molar-refractivity contribution in [1.29, 1.82) is 0 Å². The predicted octanol–water partition coefficient (Wildman–Crippen LogP) is 3.83. The number of ether oxygens (including phenoxy) is 4. The molecule has 1 heterocycles. The average molecular weight is 855 g/mol. The number of carbonyl (C=O) groups is 4. The van der Waals surface area contributed by atoms with E-state index in [-0.39, 0.29) is 17.9 Å². The van der Waals surface area contributed by atoms with Gasteiger partial charge in [-0.2, -0.15) is 0 Å². The molecule has 0 spiro atoms. The maximum atomic E-state index is 14.1. The molecule has 0 saturated carbocycles. The van der Waals surface area contributed by atoms with Crippen LogP contribution in [0.25, 0.3) is 0 Å². The van der Waals surface area contributed by atoms with Crippen LogP contribution in [0.2, 0.25) is 0 Å². The second kappa shape index (κ2) is 16.9. The van der Waals surface area contributed by atoms with E-state index in [2.05, 4.69) is 10.6 Å². The molecule has 3 amide bonds. The number of benzene rings is 2. The van der Waals surface area contributed by atoms with Crippen LogP contribution in [-0.2, 0) is 39.6 Å². The zero-order valence-corrected chi connectivity index (χ0v) is 34.2. The summed E-state index contributed by atoms with van der Waals surface area (Å²) >= 11 is 1.88. The Balaban J connectivity index is 1.95. The summed E-state index contributed by atoms with van der Waals surface area (Å²) in [5.74, 6) is -1.86. The monoisotopic (exact) mass is 854 g/mol. The summed E-state index contributed by atoms with van der Waals surface area (Å²) in [5.41, 5.74) is -1.42. The van der Waals surface area contributed by atoms with E-state index < -0.39 is 70.8 Å². The van der Waals surface area contributed by atoms with Gasteiger partial charge in [0, 0.05) is 25.0 Å². The number of hydrogen-bond acceptors (Lipinski definition) is 12. The minimum Gasteiger partial charge on any atom is -0.497 e. The van der Waals surface area contributed by atoms with Crippen molar-refractivity contribution in [2.24, 2.45) is 0 Å². The van der Waals surface area contributed by atoms with Gasteiger partial charge in [0.25, 0.3) is 0 Å². The molecule has 0 bridgehead atoms. The quantitative estimate of drug-likeness (QED) is 0.0975. The molecular formula is C35H48BIN4O12. The van der Waals surface area contributed by atoms with Gasteiger partial charge in [-0.25, -0.2) is 9.59 Å². The lowest BCUT2D eigenvalue weighted by Crippen LogP contribution is -2.53. The van der Waals surface area contributed by atoms with Crippen molar-refractivity contribution in [3.63, 3.8) is 0 Å². The molecule has 1 aliphatic rings. The first-order valence-electron chi connectivity index (χ1n) is 16.7. The molecule has 2 aromatic rings. The molecule has 53 heavy (non-hydrogen) atoms. The highest BCUT2D eigenvalue weighted by Gasteiger charge is 2.52. The topological polar surface area (TPSA) is 194 Å². The summed E-state index contributed by atoms with van der Waals surface area (Å²) in [4.78, 5) is 66.0. The third-order valence-corrected chi connectivity index (χ3v) is 9.67. The highest BCUT2D eigenvalue weighted by molar-refractivity contribution is 14.1. The van der Waals surface area contributed by atoms with E-state index >= 15 is 0 Å². The first-order chi connectivity index (χ1) is 24.5. The zero-order valence-electron chi connectivity index (χ0n) is 32.1. The lowest BCUT2D eigenvalue weighted by molar-refractivity contribution is -0.385. The third kappa shape index (κ3) is 10.3. The van der Waals surface area contributed by atoms with Gasteiger partial charge >= 0.3 is 24.9 Å². The SMILES string of the molecule is COC(=O)[C@H](Cc1cc(I)c(OC)c([N+](=O)[O-])c1)NC(=O)[C@H](C)NC(=O)[C@H](c1ccc(OC)c(B2OC(C)(C)C(C)(C)O2)c1)N(C)C(=O)OC(C)(C)C. The van der Waals surface area contributed by atoms with Crippen LogP contribution in [0.3, 0.4) is 0 Å². The standard InChI is InChI=1S/C35H48BIN4O12/c1-19(29(42)39-24(31(44)50-12)16-20-15-23(37)28(49-11)25(17-20)41(46)47)38-30(43)27(40(9)32(45)51-33(2,3)4)21-13-14-26(48-10)22(18-21)36-52-34(5,6)35(7,8)53-36/h13-15,17-19,24,27H,16H2,1-12H3,(H,38,43)(H,39,42)/t19-,24-,27-/m0/s1. The van der Waals surface area contributed by atoms with Crippen LogP contribution >= 0.6 is 22.6 Å². The number of amides is 3. The number of halogens is 1. The second-order valence-electron chi connectivity index (χ2n) is 14.5. The highest BCUT2D eigenvalue weighted by Crippen LogP contribution is 2.38. The Kier molecular flexibility index (Phi) is 13.8. The Morgan fingerprint density at radius 3 is 2.09 bits per heavy atom. The van der Waals surface area contributed by atoms with Crippen molar-refractivity contribution in [2.45, 2.75) is 96.7 Å². The van der Waals surface area contributed by atoms with Gasteiger partial charge in [0.2, 0.25) is 17.6 Å². The number of likely N-dealkylation sites (N-methyl/N-ethyl adjacent to an activating group) is 1. The van der Waals surface area contributed by atoms with Crippen molar-refractivity contribution < 1.29 is 52.4 Å². The van der Waals surface area contributed by atoms with Gasteiger partial charge in [-0.3, -0.25) is 24.6 Å². The fourth-order valence-corrected chi connectivity index (χ4v) is 6.28. The Morgan fingerprint density at radius 1 is 0.981 bits per heavy atom. The molecule has 3 atom stereocenters. The number of nitro groups is 1. The average Bonchev–Trinajstić information content (AvgIpc) is 3.28. The van der Waals surface area contributed by atoms with Gasteiger partial charge in [0.1, 0.15) is 29.5 Å². The Labute approximate surface area is 323 Å². The van der Waals surface area contributed by atoms with E-state index in [1.807, 2.05) is 50.3 Å². The molecule has 18 heteroatoms. The first-order valence-corrected chi connectivity index (χ1v) is 17.7. The van der Waals surface area contributed by atoms with Crippen LogP contribution in [0.1, 0.15) is 72.6 Å². The molecule has 2 N–H and O–H groups in total. The van der Waals surface area contributed by atoms with E-state index in [1.54, 1.807) is 45.0 Å². The number of esters is 1. The van der Waals surface area contributed by atoms with Gasteiger partial charge in [0.05, 0.1) is 41.0 Å². The Hall–Kier alpha value is -4.17. The minimum absolute atomic E-state index is 0.0557. The van der Waals surface area contributed by atoms with E-state index in [4.69, 9.17) is 28.3 Å². The summed E-state index contributed by atoms with van der Waals surface area (Å²) in [6.07, 6.45) is -0.978. The van der Waals surface area contributed by atoms with Crippen molar-refractivity contribution in [3.8, 4) is 11.5 Å². The molecule has 0 radical (unpaired) electrons. The largest absolute Gasteiger partial charge is 0.498 e. The van der Waals surface area contributed by atoms with Gasteiger partial charge in [-0.15, -0.1) is 0 Å². The summed E-state index contributed by atoms with van der Waals surface area (Å²) in [5, 5.41) is 16.9. The Bertz CT molecular complexity index is 1720. The molecule has 290 valence electrons. The normalized spacial score (nSPS) is 16.4. The predicted molar refractivity (Wildman–Crippen MR) is 203 cm³/mol.